The van der Waals surface area contributed by atoms with Crippen LogP contribution < -0.4 is 0 Å². The minimum absolute atomic E-state index is 0.297. The number of ether oxygens (including phenoxy) is 2. The van der Waals surface area contributed by atoms with E-state index in [9.17, 15) is 4.79 Å². The summed E-state index contributed by atoms with van der Waals surface area (Å²) in [6.45, 7) is 5.62. The number of esters is 1. The fourth-order valence-electron chi connectivity index (χ4n) is 1.17. The van der Waals surface area contributed by atoms with E-state index in [0.717, 1.165) is 0 Å². The predicted octanol–water partition coefficient (Wildman–Crippen LogP) is 2.52. The lowest BCUT2D eigenvalue weighted by Gasteiger charge is -2.07. The van der Waals surface area contributed by atoms with Crippen LogP contribution in [-0.4, -0.2) is 25.8 Å². The quantitative estimate of drug-likeness (QED) is 0.548. The standard InChI is InChI=1S/C13H18O3/c1-11(2)10-15-8-9-16-13(14)12-6-4-3-5-7-12/h3-7,11H,8-10H2,1-2H3. The van der Waals surface area contributed by atoms with Crippen molar-refractivity contribution in [2.24, 2.45) is 5.92 Å². The van der Waals surface area contributed by atoms with Gasteiger partial charge in [-0.2, -0.15) is 0 Å². The van der Waals surface area contributed by atoms with Crippen LogP contribution in [0.2, 0.25) is 0 Å². The van der Waals surface area contributed by atoms with E-state index >= 15 is 0 Å². The molecule has 0 atom stereocenters. The third kappa shape index (κ3) is 4.94. The molecule has 0 saturated heterocycles. The topological polar surface area (TPSA) is 35.5 Å². The Morgan fingerprint density at radius 1 is 1.19 bits per heavy atom. The molecule has 0 N–H and O–H groups in total. The highest BCUT2D eigenvalue weighted by Gasteiger charge is 2.05. The van der Waals surface area contributed by atoms with Gasteiger partial charge in [-0.15, -0.1) is 0 Å². The van der Waals surface area contributed by atoms with E-state index < -0.39 is 0 Å². The van der Waals surface area contributed by atoms with Gasteiger partial charge in [-0.05, 0) is 18.1 Å². The van der Waals surface area contributed by atoms with Crippen molar-refractivity contribution in [1.82, 2.24) is 0 Å². The van der Waals surface area contributed by atoms with Gasteiger partial charge in [-0.3, -0.25) is 0 Å². The Morgan fingerprint density at radius 3 is 2.50 bits per heavy atom. The number of carbonyl (C=O) groups is 1. The number of carbonyl (C=O) groups excluding carboxylic acids is 1. The molecule has 0 amide bonds. The molecule has 0 aliphatic carbocycles. The smallest absolute Gasteiger partial charge is 0.338 e. The zero-order valence-corrected chi connectivity index (χ0v) is 9.81. The van der Waals surface area contributed by atoms with E-state index in [1.165, 1.54) is 0 Å². The molecule has 16 heavy (non-hydrogen) atoms. The number of benzene rings is 1. The van der Waals surface area contributed by atoms with Crippen LogP contribution in [0.3, 0.4) is 0 Å². The molecule has 0 heterocycles. The molecule has 1 rings (SSSR count). The third-order valence-corrected chi connectivity index (χ3v) is 1.92. The Hall–Kier alpha value is -1.35. The molecule has 3 heteroatoms. The second kappa shape index (κ2) is 7.01. The molecular formula is C13H18O3. The van der Waals surface area contributed by atoms with E-state index in [2.05, 4.69) is 13.8 Å². The molecular weight excluding hydrogens is 204 g/mol. The zero-order chi connectivity index (χ0) is 11.8. The lowest BCUT2D eigenvalue weighted by atomic mass is 10.2. The summed E-state index contributed by atoms with van der Waals surface area (Å²) in [6.07, 6.45) is 0. The summed E-state index contributed by atoms with van der Waals surface area (Å²) in [7, 11) is 0. The Kier molecular flexibility index (Phi) is 5.57. The summed E-state index contributed by atoms with van der Waals surface area (Å²) in [4.78, 5) is 11.5. The summed E-state index contributed by atoms with van der Waals surface area (Å²) in [6, 6.07) is 8.95. The van der Waals surface area contributed by atoms with E-state index in [1.807, 2.05) is 18.2 Å². The second-order valence-corrected chi connectivity index (χ2v) is 3.97. The minimum Gasteiger partial charge on any atom is -0.460 e. The SMILES string of the molecule is CC(C)COCCOC(=O)c1ccccc1. The number of rotatable bonds is 6. The highest BCUT2D eigenvalue weighted by Crippen LogP contribution is 2.00. The summed E-state index contributed by atoms with van der Waals surface area (Å²) >= 11 is 0. The monoisotopic (exact) mass is 222 g/mol. The predicted molar refractivity (Wildman–Crippen MR) is 62.4 cm³/mol. The van der Waals surface area contributed by atoms with Crippen molar-refractivity contribution >= 4 is 5.97 Å². The van der Waals surface area contributed by atoms with E-state index in [0.29, 0.717) is 31.3 Å². The first-order chi connectivity index (χ1) is 7.70. The lowest BCUT2D eigenvalue weighted by Crippen LogP contribution is -2.12. The molecule has 0 spiro atoms. The van der Waals surface area contributed by atoms with Crippen molar-refractivity contribution in [3.05, 3.63) is 35.9 Å². The summed E-state index contributed by atoms with van der Waals surface area (Å²) in [5, 5.41) is 0. The van der Waals surface area contributed by atoms with E-state index in [-0.39, 0.29) is 5.97 Å². The van der Waals surface area contributed by atoms with Gasteiger partial charge in [0.15, 0.2) is 0 Å². The van der Waals surface area contributed by atoms with Gasteiger partial charge in [0.2, 0.25) is 0 Å². The Bertz CT molecular complexity index is 306. The maximum atomic E-state index is 11.5. The first-order valence-electron chi connectivity index (χ1n) is 5.50. The average molecular weight is 222 g/mol. The van der Waals surface area contributed by atoms with E-state index in [1.54, 1.807) is 12.1 Å². The Labute approximate surface area is 96.4 Å². The third-order valence-electron chi connectivity index (χ3n) is 1.92. The van der Waals surface area contributed by atoms with Crippen LogP contribution in [0, 0.1) is 5.92 Å². The largest absolute Gasteiger partial charge is 0.460 e. The van der Waals surface area contributed by atoms with Crippen molar-refractivity contribution in [2.45, 2.75) is 13.8 Å². The Morgan fingerprint density at radius 2 is 1.88 bits per heavy atom. The van der Waals surface area contributed by atoms with Gasteiger partial charge in [0.05, 0.1) is 12.2 Å². The van der Waals surface area contributed by atoms with Crippen molar-refractivity contribution in [3.63, 3.8) is 0 Å². The molecule has 0 radical (unpaired) electrons. The van der Waals surface area contributed by atoms with Crippen molar-refractivity contribution in [3.8, 4) is 0 Å². The molecule has 0 aromatic heterocycles. The van der Waals surface area contributed by atoms with Crippen LogP contribution >= 0.6 is 0 Å². The molecule has 0 aliphatic heterocycles. The number of hydrogen-bond acceptors (Lipinski definition) is 3. The van der Waals surface area contributed by atoms with E-state index in [4.69, 9.17) is 9.47 Å². The summed E-state index contributed by atoms with van der Waals surface area (Å²) in [5.74, 6) is 0.207. The minimum atomic E-state index is -0.297. The average Bonchev–Trinajstić information content (AvgIpc) is 2.29. The normalized spacial score (nSPS) is 10.4. The van der Waals surface area contributed by atoms with Gasteiger partial charge in [-0.25, -0.2) is 4.79 Å². The van der Waals surface area contributed by atoms with Crippen LogP contribution in [-0.2, 0) is 9.47 Å². The zero-order valence-electron chi connectivity index (χ0n) is 9.81. The highest BCUT2D eigenvalue weighted by atomic mass is 16.6. The molecule has 1 aromatic rings. The van der Waals surface area contributed by atoms with Gasteiger partial charge in [0.25, 0.3) is 0 Å². The van der Waals surface area contributed by atoms with Crippen LogP contribution in [0.1, 0.15) is 24.2 Å². The summed E-state index contributed by atoms with van der Waals surface area (Å²) in [5.41, 5.74) is 0.575. The Balaban J connectivity index is 2.16. The highest BCUT2D eigenvalue weighted by molar-refractivity contribution is 5.89. The summed E-state index contributed by atoms with van der Waals surface area (Å²) < 4.78 is 10.4. The molecule has 88 valence electrons. The second-order valence-electron chi connectivity index (χ2n) is 3.97. The fraction of sp³-hybridized carbons (Fsp3) is 0.462. The van der Waals surface area contributed by atoms with Gasteiger partial charge >= 0.3 is 5.97 Å². The maximum Gasteiger partial charge on any atom is 0.338 e. The van der Waals surface area contributed by atoms with Gasteiger partial charge in [-0.1, -0.05) is 32.0 Å². The van der Waals surface area contributed by atoms with Crippen LogP contribution in [0.4, 0.5) is 0 Å². The van der Waals surface area contributed by atoms with Crippen molar-refractivity contribution < 1.29 is 14.3 Å². The molecule has 0 fully saturated rings. The van der Waals surface area contributed by atoms with Crippen LogP contribution in [0.25, 0.3) is 0 Å². The molecule has 1 aromatic carbocycles. The molecule has 3 nitrogen and oxygen atoms in total. The fourth-order valence-corrected chi connectivity index (χ4v) is 1.17. The lowest BCUT2D eigenvalue weighted by molar-refractivity contribution is 0.0277. The number of hydrogen-bond donors (Lipinski definition) is 0. The molecule has 0 unspecified atom stereocenters. The van der Waals surface area contributed by atoms with Gasteiger partial charge in [0, 0.05) is 6.61 Å². The maximum absolute atomic E-state index is 11.5. The van der Waals surface area contributed by atoms with Crippen LogP contribution in [0.15, 0.2) is 30.3 Å². The van der Waals surface area contributed by atoms with Gasteiger partial charge < -0.3 is 9.47 Å². The van der Waals surface area contributed by atoms with Crippen molar-refractivity contribution in [2.75, 3.05) is 19.8 Å². The van der Waals surface area contributed by atoms with Crippen molar-refractivity contribution in [1.29, 1.82) is 0 Å². The first kappa shape index (κ1) is 12.7. The molecule has 0 bridgehead atoms. The van der Waals surface area contributed by atoms with Crippen LogP contribution in [0.5, 0.6) is 0 Å². The molecule has 0 aliphatic rings. The molecule has 0 saturated carbocycles. The first-order valence-corrected chi connectivity index (χ1v) is 5.50. The van der Waals surface area contributed by atoms with Gasteiger partial charge in [0.1, 0.15) is 6.61 Å².